The molecule has 0 aromatic heterocycles. The lowest BCUT2D eigenvalue weighted by Gasteiger charge is -2.29. The molecule has 0 N–H and O–H groups in total. The highest BCUT2D eigenvalue weighted by atomic mass is 35.5. The summed E-state index contributed by atoms with van der Waals surface area (Å²) in [7, 11) is 1.65. The quantitative estimate of drug-likeness (QED) is 0.449. The molecule has 162 valence electrons. The number of carbonyl (C=O) groups is 1. The number of hydrazone groups is 1. The van der Waals surface area contributed by atoms with E-state index in [2.05, 4.69) is 48.5 Å². The summed E-state index contributed by atoms with van der Waals surface area (Å²) in [5, 5.41) is 8.89. The first-order valence-electron chi connectivity index (χ1n) is 11.0. The van der Waals surface area contributed by atoms with Gasteiger partial charge in [0.1, 0.15) is 11.6 Å². The van der Waals surface area contributed by atoms with E-state index < -0.39 is 0 Å². The van der Waals surface area contributed by atoms with Crippen LogP contribution in [-0.4, -0.2) is 29.6 Å². The molecular weight excluding hydrogens is 420 g/mol. The van der Waals surface area contributed by atoms with Crippen molar-refractivity contribution in [3.63, 3.8) is 0 Å². The molecule has 4 nitrogen and oxygen atoms in total. The summed E-state index contributed by atoms with van der Waals surface area (Å²) >= 11 is 5.96. The zero-order chi connectivity index (χ0) is 22.1. The average Bonchev–Trinajstić information content (AvgIpc) is 3.24. The molecule has 1 aliphatic carbocycles. The van der Waals surface area contributed by atoms with Crippen LogP contribution >= 0.6 is 11.6 Å². The van der Waals surface area contributed by atoms with Gasteiger partial charge in [0.15, 0.2) is 0 Å². The van der Waals surface area contributed by atoms with Crippen molar-refractivity contribution in [1.29, 1.82) is 0 Å². The van der Waals surface area contributed by atoms with Crippen molar-refractivity contribution in [3.8, 4) is 5.75 Å². The number of alkyl halides is 1. The second-order valence-electron chi connectivity index (χ2n) is 8.35. The van der Waals surface area contributed by atoms with Crippen LogP contribution in [0.25, 0.3) is 16.8 Å². The highest BCUT2D eigenvalue weighted by Gasteiger charge is 2.43. The number of allylic oxidation sites excluding steroid dienone is 1. The molecule has 1 amide bonds. The number of ether oxygens (including phenoxy) is 1. The van der Waals surface area contributed by atoms with Crippen molar-refractivity contribution in [3.05, 3.63) is 83.4 Å². The van der Waals surface area contributed by atoms with Gasteiger partial charge in [0, 0.05) is 5.92 Å². The molecular formula is C27H25ClN2O2. The van der Waals surface area contributed by atoms with Gasteiger partial charge < -0.3 is 4.74 Å². The molecule has 2 unspecified atom stereocenters. The Bertz CT molecular complexity index is 1220. The third-order valence-corrected chi connectivity index (χ3v) is 6.67. The van der Waals surface area contributed by atoms with Crippen molar-refractivity contribution in [2.45, 2.75) is 25.3 Å². The Balaban J connectivity index is 1.53. The average molecular weight is 445 g/mol. The van der Waals surface area contributed by atoms with Gasteiger partial charge in [0.2, 0.25) is 0 Å². The Kier molecular flexibility index (Phi) is 5.71. The van der Waals surface area contributed by atoms with Crippen molar-refractivity contribution in [2.75, 3.05) is 13.0 Å². The zero-order valence-electron chi connectivity index (χ0n) is 18.0. The Morgan fingerprint density at radius 3 is 2.66 bits per heavy atom. The van der Waals surface area contributed by atoms with Crippen LogP contribution in [-0.2, 0) is 4.79 Å². The lowest BCUT2D eigenvalue weighted by Crippen LogP contribution is -2.32. The molecule has 5 heteroatoms. The largest absolute Gasteiger partial charge is 0.497 e. The van der Waals surface area contributed by atoms with Gasteiger partial charge in [0.25, 0.3) is 5.91 Å². The van der Waals surface area contributed by atoms with Crippen LogP contribution < -0.4 is 4.74 Å². The SMILES string of the molecule is COc1ccc(C2C3CCC/C(=C\c4ccc5ccccc5c4)C3=NN2C(=O)CCl)cc1. The Morgan fingerprint density at radius 1 is 1.12 bits per heavy atom. The van der Waals surface area contributed by atoms with Gasteiger partial charge in [-0.15, -0.1) is 11.6 Å². The predicted molar refractivity (Wildman–Crippen MR) is 130 cm³/mol. The molecule has 1 saturated carbocycles. The molecule has 0 bridgehead atoms. The van der Waals surface area contributed by atoms with Crippen LogP contribution in [0.5, 0.6) is 5.75 Å². The van der Waals surface area contributed by atoms with Gasteiger partial charge in [-0.25, -0.2) is 5.01 Å². The number of benzene rings is 3. The minimum absolute atomic E-state index is 0.0835. The number of methoxy groups -OCH3 is 1. The minimum Gasteiger partial charge on any atom is -0.497 e. The van der Waals surface area contributed by atoms with Gasteiger partial charge in [-0.3, -0.25) is 4.79 Å². The van der Waals surface area contributed by atoms with Gasteiger partial charge in [0.05, 0.1) is 18.9 Å². The number of halogens is 1. The molecule has 1 fully saturated rings. The van der Waals surface area contributed by atoms with Crippen LogP contribution in [0.15, 0.2) is 77.4 Å². The second-order valence-corrected chi connectivity index (χ2v) is 8.62. The highest BCUT2D eigenvalue weighted by Crippen LogP contribution is 2.44. The topological polar surface area (TPSA) is 41.9 Å². The molecule has 1 aliphatic heterocycles. The van der Waals surface area contributed by atoms with Crippen LogP contribution in [0.1, 0.15) is 36.4 Å². The molecule has 3 aromatic carbocycles. The first-order valence-corrected chi connectivity index (χ1v) is 11.5. The second kappa shape index (κ2) is 8.79. The predicted octanol–water partition coefficient (Wildman–Crippen LogP) is 6.21. The number of amides is 1. The molecule has 5 rings (SSSR count). The minimum atomic E-state index is -0.167. The Hall–Kier alpha value is -3.11. The molecule has 32 heavy (non-hydrogen) atoms. The normalized spacial score (nSPS) is 21.5. The van der Waals surface area contributed by atoms with E-state index in [1.807, 2.05) is 24.3 Å². The standard InChI is InChI=1S/C27H25ClN2O2/c1-32-23-13-11-20(12-14-23)27-24-8-4-7-22(26(24)29-30(27)25(31)17-28)16-18-9-10-19-5-2-3-6-21(19)15-18/h2-3,5-6,9-16,24,27H,4,7-8,17H2,1H3/b22-16+. The number of hydrogen-bond donors (Lipinski definition) is 0. The van der Waals surface area contributed by atoms with E-state index in [4.69, 9.17) is 21.4 Å². The highest BCUT2D eigenvalue weighted by molar-refractivity contribution is 6.27. The molecule has 2 atom stereocenters. The zero-order valence-corrected chi connectivity index (χ0v) is 18.8. The van der Waals surface area contributed by atoms with Gasteiger partial charge >= 0.3 is 0 Å². The first kappa shape index (κ1) is 20.8. The maximum Gasteiger partial charge on any atom is 0.258 e. The van der Waals surface area contributed by atoms with E-state index in [0.717, 1.165) is 41.9 Å². The van der Waals surface area contributed by atoms with Crippen LogP contribution in [0.2, 0.25) is 0 Å². The van der Waals surface area contributed by atoms with E-state index in [9.17, 15) is 4.79 Å². The summed E-state index contributed by atoms with van der Waals surface area (Å²) in [6.07, 6.45) is 5.26. The van der Waals surface area contributed by atoms with E-state index in [1.54, 1.807) is 12.1 Å². The van der Waals surface area contributed by atoms with E-state index in [0.29, 0.717) is 0 Å². The van der Waals surface area contributed by atoms with Crippen LogP contribution in [0.4, 0.5) is 0 Å². The fourth-order valence-electron chi connectivity index (χ4n) is 4.90. The molecule has 0 radical (unpaired) electrons. The molecule has 0 saturated heterocycles. The third kappa shape index (κ3) is 3.80. The lowest BCUT2D eigenvalue weighted by atomic mass is 9.77. The van der Waals surface area contributed by atoms with Gasteiger partial charge in [-0.05, 0) is 71.0 Å². The first-order chi connectivity index (χ1) is 15.7. The lowest BCUT2D eigenvalue weighted by molar-refractivity contribution is -0.130. The number of hydrogen-bond acceptors (Lipinski definition) is 3. The summed E-state index contributed by atoms with van der Waals surface area (Å²) in [5.41, 5.74) is 4.44. The van der Waals surface area contributed by atoms with Gasteiger partial charge in [-0.2, -0.15) is 5.10 Å². The van der Waals surface area contributed by atoms with Crippen LogP contribution in [0, 0.1) is 5.92 Å². The van der Waals surface area contributed by atoms with E-state index in [1.165, 1.54) is 16.3 Å². The molecule has 1 heterocycles. The van der Waals surface area contributed by atoms with Crippen molar-refractivity contribution in [1.82, 2.24) is 5.01 Å². The third-order valence-electron chi connectivity index (χ3n) is 6.44. The number of carbonyl (C=O) groups excluding carboxylic acids is 1. The number of nitrogens with zero attached hydrogens (tertiary/aromatic N) is 2. The molecule has 3 aromatic rings. The van der Waals surface area contributed by atoms with E-state index >= 15 is 0 Å². The molecule has 0 spiro atoms. The fraction of sp³-hybridized carbons (Fsp3) is 0.259. The summed E-state index contributed by atoms with van der Waals surface area (Å²) in [5.74, 6) is 0.707. The Morgan fingerprint density at radius 2 is 1.91 bits per heavy atom. The number of fused-ring (bicyclic) bond motifs is 2. The van der Waals surface area contributed by atoms with Crippen molar-refractivity contribution in [2.24, 2.45) is 11.0 Å². The summed E-state index contributed by atoms with van der Waals surface area (Å²) in [6, 6.07) is 22.7. The monoisotopic (exact) mass is 444 g/mol. The summed E-state index contributed by atoms with van der Waals surface area (Å²) < 4.78 is 5.31. The smallest absolute Gasteiger partial charge is 0.258 e. The molecule has 2 aliphatic rings. The maximum absolute atomic E-state index is 12.7. The summed E-state index contributed by atoms with van der Waals surface area (Å²) in [6.45, 7) is 0. The van der Waals surface area contributed by atoms with Crippen molar-refractivity contribution < 1.29 is 9.53 Å². The maximum atomic E-state index is 12.7. The van der Waals surface area contributed by atoms with Crippen LogP contribution in [0.3, 0.4) is 0 Å². The van der Waals surface area contributed by atoms with Crippen molar-refractivity contribution >= 4 is 40.1 Å². The van der Waals surface area contributed by atoms with Gasteiger partial charge in [-0.1, -0.05) is 48.5 Å². The van der Waals surface area contributed by atoms with E-state index in [-0.39, 0.29) is 23.7 Å². The number of rotatable bonds is 4. The Labute approximate surface area is 193 Å². The fourth-order valence-corrected chi connectivity index (χ4v) is 5.02. The summed E-state index contributed by atoms with van der Waals surface area (Å²) in [4.78, 5) is 12.7.